The van der Waals surface area contributed by atoms with Gasteiger partial charge in [0.1, 0.15) is 0 Å². The first-order valence-corrected chi connectivity index (χ1v) is 24.4. The van der Waals surface area contributed by atoms with Crippen molar-refractivity contribution in [2.75, 3.05) is 0 Å². The maximum atomic E-state index is 5.76. The molecule has 4 heterocycles. The molecule has 1 aliphatic heterocycles. The Hall–Kier alpha value is -6.60. The number of hydrogen-bond acceptors (Lipinski definition) is 3. The molecule has 0 N–H and O–H groups in total. The first-order chi connectivity index (χ1) is 28.3. The first kappa shape index (κ1) is 32.6. The summed E-state index contributed by atoms with van der Waals surface area (Å²) in [5.74, 6) is 0.752. The molecule has 0 atom stereocenters. The molecule has 0 saturated carbocycles. The molecular formula is C52H33GeN3S. The van der Waals surface area contributed by atoms with Gasteiger partial charge in [0.15, 0.2) is 0 Å². The van der Waals surface area contributed by atoms with Crippen molar-refractivity contribution < 1.29 is 0 Å². The Morgan fingerprint density at radius 2 is 1.09 bits per heavy atom. The van der Waals surface area contributed by atoms with Gasteiger partial charge in [-0.3, -0.25) is 0 Å². The predicted molar refractivity (Wildman–Crippen MR) is 243 cm³/mol. The fourth-order valence-corrected chi connectivity index (χ4v) is 21.1. The molecule has 5 heteroatoms. The number of hydrogen-bond donors (Lipinski definition) is 0. The third-order valence-corrected chi connectivity index (χ3v) is 22.9. The zero-order valence-corrected chi connectivity index (χ0v) is 33.7. The van der Waals surface area contributed by atoms with Gasteiger partial charge in [0.2, 0.25) is 0 Å². The zero-order valence-electron chi connectivity index (χ0n) is 30.8. The molecule has 12 rings (SSSR count). The van der Waals surface area contributed by atoms with Crippen LogP contribution >= 0.6 is 11.3 Å². The summed E-state index contributed by atoms with van der Waals surface area (Å²) < 4.78 is 10.4. The van der Waals surface area contributed by atoms with Gasteiger partial charge in [-0.05, 0) is 6.07 Å². The van der Waals surface area contributed by atoms with Crippen LogP contribution < -0.4 is 17.7 Å². The SMILES string of the molecule is c1ccc(-c2nc(-c3ccc(-n4c5ccccc5c5ccc6sc7ccccc7c6c54)cc3)n[c]3c2-c2cccc[c]2[Ge]3([c]2ccccc2)[c]2ccccc2)cc1. The van der Waals surface area contributed by atoms with Gasteiger partial charge < -0.3 is 0 Å². The van der Waals surface area contributed by atoms with Crippen molar-refractivity contribution in [2.45, 2.75) is 0 Å². The van der Waals surface area contributed by atoms with Gasteiger partial charge in [-0.1, -0.05) is 12.1 Å². The topological polar surface area (TPSA) is 30.7 Å². The zero-order chi connectivity index (χ0) is 37.5. The van der Waals surface area contributed by atoms with E-state index in [1.54, 1.807) is 0 Å². The number of aromatic nitrogens is 3. The Labute approximate surface area is 336 Å². The van der Waals surface area contributed by atoms with Crippen LogP contribution in [0.2, 0.25) is 0 Å². The molecule has 3 nitrogen and oxygen atoms in total. The van der Waals surface area contributed by atoms with Crippen LogP contribution in [-0.4, -0.2) is 27.8 Å². The minimum atomic E-state index is -3.64. The van der Waals surface area contributed by atoms with E-state index in [1.165, 1.54) is 70.8 Å². The van der Waals surface area contributed by atoms with Crippen LogP contribution in [0, 0.1) is 0 Å². The van der Waals surface area contributed by atoms with E-state index in [2.05, 4.69) is 205 Å². The molecule has 11 aromatic rings. The molecule has 0 aliphatic carbocycles. The second-order valence-corrected chi connectivity index (χ2v) is 23.6. The van der Waals surface area contributed by atoms with Crippen LogP contribution in [0.1, 0.15) is 0 Å². The van der Waals surface area contributed by atoms with Crippen molar-refractivity contribution in [3.05, 3.63) is 200 Å². The molecule has 57 heavy (non-hydrogen) atoms. The molecule has 0 spiro atoms. The van der Waals surface area contributed by atoms with E-state index in [0.29, 0.717) is 0 Å². The van der Waals surface area contributed by atoms with Gasteiger partial charge in [-0.15, -0.1) is 0 Å². The second-order valence-electron chi connectivity index (χ2n) is 14.8. The number of para-hydroxylation sites is 1. The van der Waals surface area contributed by atoms with Crippen molar-refractivity contribution in [3.63, 3.8) is 0 Å². The quantitative estimate of drug-likeness (QED) is 0.162. The van der Waals surface area contributed by atoms with Crippen LogP contribution in [0.15, 0.2) is 200 Å². The van der Waals surface area contributed by atoms with Gasteiger partial charge in [-0.25, -0.2) is 0 Å². The van der Waals surface area contributed by atoms with E-state index >= 15 is 0 Å². The van der Waals surface area contributed by atoms with E-state index in [9.17, 15) is 0 Å². The van der Waals surface area contributed by atoms with E-state index < -0.39 is 13.3 Å². The number of rotatable bonds is 5. The molecule has 0 radical (unpaired) electrons. The van der Waals surface area contributed by atoms with Gasteiger partial charge in [0.05, 0.1) is 0 Å². The summed E-state index contributed by atoms with van der Waals surface area (Å²) in [6.07, 6.45) is 0. The standard InChI is InChI=1S/C52H33GeN3S/c1-4-16-34(17-5-1)49-48-41-23-10-13-25-43(41)53(36-18-6-2-7-19-36,37-20-8-3-9-21-37)51(48)55-52(54-49)35-28-30-38(31-29-35)56-44-26-14-11-22-39(44)40-32-33-46-47(50(40)56)42-24-12-15-27-45(42)57-46/h1-33H. The summed E-state index contributed by atoms with van der Waals surface area (Å²) in [5.41, 5.74) is 9.07. The van der Waals surface area contributed by atoms with Crippen LogP contribution in [0.3, 0.4) is 0 Å². The van der Waals surface area contributed by atoms with Crippen molar-refractivity contribution in [1.29, 1.82) is 0 Å². The fourth-order valence-electron chi connectivity index (χ4n) is 9.50. The van der Waals surface area contributed by atoms with Gasteiger partial charge in [-0.2, -0.15) is 0 Å². The Bertz CT molecular complexity index is 3300. The summed E-state index contributed by atoms with van der Waals surface area (Å²) in [6, 6.07) is 73.2. The monoisotopic (exact) mass is 805 g/mol. The van der Waals surface area contributed by atoms with Gasteiger partial charge >= 0.3 is 320 Å². The van der Waals surface area contributed by atoms with E-state index in [4.69, 9.17) is 9.97 Å². The Morgan fingerprint density at radius 3 is 1.84 bits per heavy atom. The van der Waals surface area contributed by atoms with Gasteiger partial charge in [0, 0.05) is 0 Å². The third kappa shape index (κ3) is 4.72. The van der Waals surface area contributed by atoms with Crippen LogP contribution in [0.5, 0.6) is 0 Å². The normalized spacial score (nSPS) is 13.1. The third-order valence-electron chi connectivity index (χ3n) is 11.9. The minimum absolute atomic E-state index is 0.752. The summed E-state index contributed by atoms with van der Waals surface area (Å²) >= 11 is -1.78. The second kappa shape index (κ2) is 12.7. The molecular weight excluding hydrogens is 771 g/mol. The molecule has 1 aliphatic rings. The van der Waals surface area contributed by atoms with Crippen molar-refractivity contribution in [1.82, 2.24) is 14.5 Å². The molecule has 0 saturated heterocycles. The molecule has 0 unspecified atom stereocenters. The molecule has 266 valence electrons. The van der Waals surface area contributed by atoms with Gasteiger partial charge in [0.25, 0.3) is 0 Å². The van der Waals surface area contributed by atoms with E-state index in [-0.39, 0.29) is 0 Å². The van der Waals surface area contributed by atoms with E-state index in [0.717, 1.165) is 28.3 Å². The van der Waals surface area contributed by atoms with Crippen LogP contribution in [0.25, 0.3) is 81.4 Å². The molecule has 0 amide bonds. The summed E-state index contributed by atoms with van der Waals surface area (Å²) in [6.45, 7) is 0. The summed E-state index contributed by atoms with van der Waals surface area (Å²) in [4.78, 5) is 11.3. The van der Waals surface area contributed by atoms with Crippen LogP contribution in [0.4, 0.5) is 0 Å². The number of thiophene rings is 1. The fraction of sp³-hybridized carbons (Fsp3) is 0. The summed E-state index contributed by atoms with van der Waals surface area (Å²) in [7, 11) is 0. The van der Waals surface area contributed by atoms with Crippen molar-refractivity contribution in [3.8, 4) is 39.5 Å². The predicted octanol–water partition coefficient (Wildman–Crippen LogP) is 10.6. The van der Waals surface area contributed by atoms with Crippen molar-refractivity contribution in [2.24, 2.45) is 0 Å². The Kier molecular flexibility index (Phi) is 7.28. The molecule has 8 aromatic carbocycles. The first-order valence-electron chi connectivity index (χ1n) is 19.4. The van der Waals surface area contributed by atoms with Crippen molar-refractivity contribution >= 4 is 84.3 Å². The van der Waals surface area contributed by atoms with E-state index in [1.807, 2.05) is 11.3 Å². The van der Waals surface area contributed by atoms with Crippen LogP contribution in [-0.2, 0) is 0 Å². The number of benzene rings is 8. The molecule has 0 fully saturated rings. The Balaban J connectivity index is 1.12. The number of nitrogens with zero attached hydrogens (tertiary/aromatic N) is 3. The molecule has 0 bridgehead atoms. The molecule has 3 aromatic heterocycles. The summed E-state index contributed by atoms with van der Waals surface area (Å²) in [5, 5.41) is 5.14. The Morgan fingerprint density at radius 1 is 0.456 bits per heavy atom. The average molecular weight is 805 g/mol. The number of fused-ring (bicyclic) bond motifs is 10. The maximum absolute atomic E-state index is 5.76. The average Bonchev–Trinajstić information content (AvgIpc) is 3.93.